The smallest absolute Gasteiger partial charge is 0.0277 e. The molecule has 0 saturated carbocycles. The quantitative estimate of drug-likeness (QED) is 0.215. The van der Waals surface area contributed by atoms with Crippen molar-refractivity contribution in [3.05, 3.63) is 0 Å². The molecule has 0 unspecified atom stereocenters. The Balaban J connectivity index is -0.00000722. The second-order valence-corrected chi connectivity index (χ2v) is 22.0. The molecule has 0 atom stereocenters. The molecule has 0 saturated heterocycles. The summed E-state index contributed by atoms with van der Waals surface area (Å²) in [5.41, 5.74) is 2.99. The van der Waals surface area contributed by atoms with Crippen molar-refractivity contribution >= 4 is 0 Å². The van der Waals surface area contributed by atoms with E-state index in [0.717, 1.165) is 0 Å². The van der Waals surface area contributed by atoms with Gasteiger partial charge in [0.25, 0.3) is 0 Å². The van der Waals surface area contributed by atoms with Crippen LogP contribution in [0.15, 0.2) is 0 Å². The lowest BCUT2D eigenvalue weighted by Crippen LogP contribution is -2.44. The summed E-state index contributed by atoms with van der Waals surface area (Å²) >= 11 is 0. The Labute approximate surface area is 265 Å². The molecular formula is C41H88. The van der Waals surface area contributed by atoms with Crippen LogP contribution in [-0.4, -0.2) is 0 Å². The van der Waals surface area contributed by atoms with Crippen LogP contribution in [0.25, 0.3) is 0 Å². The standard InChI is InChI=1S/C39H80.2CH4/c1-21-37(22-2,29-38(23-31(3,4)5,24-32(6,7)8)25-33(9,10)11)30-39(26-34(12,13)14,27-35(15,16)17)28-36(18,19)20;;/h21-30H2,1-20H3;2*1H4. The minimum absolute atomic E-state index is 0. The lowest BCUT2D eigenvalue weighted by atomic mass is 9.50. The molecule has 41 heavy (non-hydrogen) atoms. The zero-order valence-electron chi connectivity index (χ0n) is 31.6. The van der Waals surface area contributed by atoms with Gasteiger partial charge in [0.05, 0.1) is 0 Å². The lowest BCUT2D eigenvalue weighted by Gasteiger charge is -2.55. The molecule has 0 aromatic carbocycles. The molecule has 0 aromatic rings. The molecule has 252 valence electrons. The Morgan fingerprint density at radius 3 is 0.488 bits per heavy atom. The molecule has 0 spiro atoms. The van der Waals surface area contributed by atoms with Crippen LogP contribution in [0, 0.1) is 48.7 Å². The first-order valence-electron chi connectivity index (χ1n) is 16.8. The molecular weight excluding hydrogens is 492 g/mol. The normalized spacial score (nSPS) is 14.9. The Morgan fingerprint density at radius 1 is 0.244 bits per heavy atom. The first kappa shape index (κ1) is 45.4. The fourth-order valence-corrected chi connectivity index (χ4v) is 9.90. The summed E-state index contributed by atoms with van der Waals surface area (Å²) in [7, 11) is 0. The van der Waals surface area contributed by atoms with E-state index >= 15 is 0 Å². The van der Waals surface area contributed by atoms with Crippen molar-refractivity contribution in [1.82, 2.24) is 0 Å². The highest BCUT2D eigenvalue weighted by Gasteiger charge is 2.50. The Bertz CT molecular complexity index is 559. The predicted octanol–water partition coefficient (Wildman–Crippen LogP) is 15.4. The molecule has 0 bridgehead atoms. The zero-order valence-corrected chi connectivity index (χ0v) is 31.6. The van der Waals surface area contributed by atoms with E-state index in [1.807, 2.05) is 0 Å². The van der Waals surface area contributed by atoms with Crippen molar-refractivity contribution in [1.29, 1.82) is 0 Å². The van der Waals surface area contributed by atoms with Crippen LogP contribution in [0.2, 0.25) is 0 Å². The van der Waals surface area contributed by atoms with Gasteiger partial charge in [-0.25, -0.2) is 0 Å². The largest absolute Gasteiger partial charge is 0.0776 e. The molecule has 0 aromatic heterocycles. The van der Waals surface area contributed by atoms with Gasteiger partial charge in [-0.05, 0) is 100 Å². The highest BCUT2D eigenvalue weighted by molar-refractivity contribution is 5.01. The maximum atomic E-state index is 2.54. The number of hydrogen-bond acceptors (Lipinski definition) is 0. The molecule has 0 fully saturated rings. The fourth-order valence-electron chi connectivity index (χ4n) is 9.90. The minimum Gasteiger partial charge on any atom is -0.0776 e. The van der Waals surface area contributed by atoms with Gasteiger partial charge in [-0.3, -0.25) is 0 Å². The molecule has 0 radical (unpaired) electrons. The third-order valence-electron chi connectivity index (χ3n) is 8.43. The third kappa shape index (κ3) is 19.8. The summed E-state index contributed by atoms with van der Waals surface area (Å²) in [4.78, 5) is 0. The Kier molecular flexibility index (Phi) is 16.5. The fraction of sp³-hybridized carbons (Fsp3) is 1.00. The van der Waals surface area contributed by atoms with Gasteiger partial charge in [-0.1, -0.05) is 166 Å². The van der Waals surface area contributed by atoms with Crippen molar-refractivity contribution in [3.63, 3.8) is 0 Å². The lowest BCUT2D eigenvalue weighted by molar-refractivity contribution is -0.0432. The minimum atomic E-state index is 0. The second-order valence-electron chi connectivity index (χ2n) is 22.0. The Hall–Kier alpha value is 0. The highest BCUT2D eigenvalue weighted by atomic mass is 14.5. The molecule has 0 nitrogen and oxygen atoms in total. The molecule has 0 heterocycles. The van der Waals surface area contributed by atoms with Crippen LogP contribution in [0.5, 0.6) is 0 Å². The molecule has 0 aliphatic carbocycles. The van der Waals surface area contributed by atoms with E-state index in [1.54, 1.807) is 0 Å². The molecule has 0 rings (SSSR count). The number of rotatable bonds is 12. The number of hydrogen-bond donors (Lipinski definition) is 0. The molecule has 0 amide bonds. The summed E-state index contributed by atoms with van der Waals surface area (Å²) in [5.74, 6) is 0. The summed E-state index contributed by atoms with van der Waals surface area (Å²) in [5, 5.41) is 0. The molecule has 0 aliphatic rings. The maximum absolute atomic E-state index is 2.54. The molecule has 0 aliphatic heterocycles. The van der Waals surface area contributed by atoms with Gasteiger partial charge >= 0.3 is 0 Å². The van der Waals surface area contributed by atoms with E-state index < -0.39 is 0 Å². The zero-order chi connectivity index (χ0) is 31.6. The van der Waals surface area contributed by atoms with Crippen LogP contribution in [0.1, 0.15) is 218 Å². The summed E-state index contributed by atoms with van der Waals surface area (Å²) in [6.45, 7) is 50.0. The van der Waals surface area contributed by atoms with Crippen molar-refractivity contribution in [2.45, 2.75) is 218 Å². The van der Waals surface area contributed by atoms with E-state index in [0.29, 0.717) is 48.7 Å². The van der Waals surface area contributed by atoms with Gasteiger partial charge in [0.2, 0.25) is 0 Å². The van der Waals surface area contributed by atoms with Crippen molar-refractivity contribution in [2.75, 3.05) is 0 Å². The van der Waals surface area contributed by atoms with E-state index in [9.17, 15) is 0 Å². The van der Waals surface area contributed by atoms with Gasteiger partial charge in [0.15, 0.2) is 0 Å². The maximum Gasteiger partial charge on any atom is -0.0277 e. The summed E-state index contributed by atoms with van der Waals surface area (Å²) < 4.78 is 0. The SMILES string of the molecule is C.C.CCC(CC)(CC(CC(C)(C)C)(CC(C)(C)C)CC(C)(C)C)CC(CC(C)(C)C)(CC(C)(C)C)CC(C)(C)C. The van der Waals surface area contributed by atoms with Crippen molar-refractivity contribution in [2.24, 2.45) is 48.7 Å². The summed E-state index contributed by atoms with van der Waals surface area (Å²) in [6, 6.07) is 0. The van der Waals surface area contributed by atoms with Gasteiger partial charge in [-0.15, -0.1) is 0 Å². The van der Waals surface area contributed by atoms with E-state index in [1.165, 1.54) is 64.2 Å². The van der Waals surface area contributed by atoms with E-state index in [4.69, 9.17) is 0 Å². The van der Waals surface area contributed by atoms with Crippen molar-refractivity contribution in [3.8, 4) is 0 Å². The van der Waals surface area contributed by atoms with E-state index in [-0.39, 0.29) is 14.9 Å². The van der Waals surface area contributed by atoms with Crippen LogP contribution in [0.4, 0.5) is 0 Å². The highest BCUT2D eigenvalue weighted by Crippen LogP contribution is 2.61. The second kappa shape index (κ2) is 14.9. The molecule has 0 N–H and O–H groups in total. The first-order chi connectivity index (χ1) is 16.8. The van der Waals surface area contributed by atoms with Gasteiger partial charge in [0.1, 0.15) is 0 Å². The first-order valence-corrected chi connectivity index (χ1v) is 16.8. The average molecular weight is 581 g/mol. The van der Waals surface area contributed by atoms with Gasteiger partial charge in [-0.2, -0.15) is 0 Å². The van der Waals surface area contributed by atoms with Crippen molar-refractivity contribution < 1.29 is 0 Å². The molecule has 0 heteroatoms. The Morgan fingerprint density at radius 2 is 0.390 bits per heavy atom. The van der Waals surface area contributed by atoms with Gasteiger partial charge in [0, 0.05) is 0 Å². The average Bonchev–Trinajstić information content (AvgIpc) is 2.50. The van der Waals surface area contributed by atoms with Crippen LogP contribution in [-0.2, 0) is 0 Å². The van der Waals surface area contributed by atoms with Crippen LogP contribution < -0.4 is 0 Å². The predicted molar refractivity (Wildman–Crippen MR) is 195 cm³/mol. The van der Waals surface area contributed by atoms with Gasteiger partial charge < -0.3 is 0 Å². The van der Waals surface area contributed by atoms with E-state index in [2.05, 4.69) is 138 Å². The monoisotopic (exact) mass is 581 g/mol. The topological polar surface area (TPSA) is 0 Å². The van der Waals surface area contributed by atoms with Crippen LogP contribution >= 0.6 is 0 Å². The third-order valence-corrected chi connectivity index (χ3v) is 8.43. The summed E-state index contributed by atoms with van der Waals surface area (Å²) in [6.07, 6.45) is 13.3. The van der Waals surface area contributed by atoms with Crippen LogP contribution in [0.3, 0.4) is 0 Å².